The van der Waals surface area contributed by atoms with Gasteiger partial charge in [-0.05, 0) is 31.5 Å². The van der Waals surface area contributed by atoms with Crippen LogP contribution in [0.25, 0.3) is 0 Å². The van der Waals surface area contributed by atoms with E-state index in [2.05, 4.69) is 5.32 Å². The van der Waals surface area contributed by atoms with Gasteiger partial charge in [0.15, 0.2) is 6.10 Å². The Morgan fingerprint density at radius 3 is 2.76 bits per heavy atom. The first-order chi connectivity index (χ1) is 10.1. The highest BCUT2D eigenvalue weighted by Crippen LogP contribution is 2.26. The normalized spacial score (nSPS) is 11.8. The van der Waals surface area contributed by atoms with Crippen molar-refractivity contribution in [3.63, 3.8) is 0 Å². The molecule has 1 rings (SSSR count). The molecule has 0 fully saturated rings. The van der Waals surface area contributed by atoms with Crippen LogP contribution in [-0.4, -0.2) is 45.9 Å². The number of hydrogen-bond donors (Lipinski definition) is 2. The molecule has 1 aromatic rings. The Balaban J connectivity index is 2.72. The number of rotatable bonds is 9. The van der Waals surface area contributed by atoms with Crippen molar-refractivity contribution in [3.05, 3.63) is 23.8 Å². The summed E-state index contributed by atoms with van der Waals surface area (Å²) in [6, 6.07) is 5.52. The predicted octanol–water partition coefficient (Wildman–Crippen LogP) is 0.726. The van der Waals surface area contributed by atoms with Crippen LogP contribution in [0.15, 0.2) is 18.2 Å². The summed E-state index contributed by atoms with van der Waals surface area (Å²) >= 11 is 0. The fourth-order valence-corrected chi connectivity index (χ4v) is 1.80. The van der Waals surface area contributed by atoms with E-state index in [1.165, 1.54) is 0 Å². The van der Waals surface area contributed by atoms with Gasteiger partial charge in [-0.25, -0.2) is 0 Å². The molecule has 1 aromatic carbocycles. The Kier molecular flexibility index (Phi) is 7.56. The Morgan fingerprint density at radius 1 is 1.38 bits per heavy atom. The van der Waals surface area contributed by atoms with Crippen LogP contribution in [0, 0.1) is 0 Å². The quantitative estimate of drug-likeness (QED) is 0.656. The highest BCUT2D eigenvalue weighted by Gasteiger charge is 2.16. The van der Waals surface area contributed by atoms with Crippen molar-refractivity contribution in [2.45, 2.75) is 19.4 Å². The lowest BCUT2D eigenvalue weighted by atomic mass is 10.1. The Bertz CT molecular complexity index is 451. The van der Waals surface area contributed by atoms with Crippen LogP contribution in [0.1, 0.15) is 12.5 Å². The van der Waals surface area contributed by atoms with Gasteiger partial charge in [-0.15, -0.1) is 0 Å². The van der Waals surface area contributed by atoms with E-state index in [9.17, 15) is 4.79 Å². The Morgan fingerprint density at radius 2 is 2.14 bits per heavy atom. The lowest BCUT2D eigenvalue weighted by Crippen LogP contribution is -2.38. The highest BCUT2D eigenvalue weighted by molar-refractivity contribution is 5.80. The van der Waals surface area contributed by atoms with Crippen LogP contribution in [-0.2, 0) is 16.0 Å². The van der Waals surface area contributed by atoms with E-state index in [4.69, 9.17) is 19.9 Å². The van der Waals surface area contributed by atoms with Gasteiger partial charge in [0, 0.05) is 19.7 Å². The first kappa shape index (κ1) is 17.3. The lowest BCUT2D eigenvalue weighted by Gasteiger charge is -2.18. The van der Waals surface area contributed by atoms with Crippen LogP contribution in [0.5, 0.6) is 11.5 Å². The maximum absolute atomic E-state index is 11.9. The van der Waals surface area contributed by atoms with E-state index in [1.54, 1.807) is 27.2 Å². The minimum Gasteiger partial charge on any atom is -0.497 e. The zero-order chi connectivity index (χ0) is 15.7. The van der Waals surface area contributed by atoms with Crippen LogP contribution < -0.4 is 20.5 Å². The predicted molar refractivity (Wildman–Crippen MR) is 80.7 cm³/mol. The molecule has 1 unspecified atom stereocenters. The minimum absolute atomic E-state index is 0.187. The maximum Gasteiger partial charge on any atom is 0.260 e. The number of amides is 1. The van der Waals surface area contributed by atoms with Crippen molar-refractivity contribution < 1.29 is 19.0 Å². The van der Waals surface area contributed by atoms with E-state index < -0.39 is 6.10 Å². The number of ether oxygens (including phenoxy) is 3. The summed E-state index contributed by atoms with van der Waals surface area (Å²) in [6.45, 7) is 3.14. The van der Waals surface area contributed by atoms with Crippen LogP contribution in [0.3, 0.4) is 0 Å². The van der Waals surface area contributed by atoms with Crippen molar-refractivity contribution in [2.24, 2.45) is 5.73 Å². The summed E-state index contributed by atoms with van der Waals surface area (Å²) in [5, 5.41) is 2.74. The first-order valence-electron chi connectivity index (χ1n) is 6.92. The number of hydrogen-bond acceptors (Lipinski definition) is 5. The summed E-state index contributed by atoms with van der Waals surface area (Å²) in [4.78, 5) is 11.9. The number of carbonyl (C=O) groups excluding carboxylic acids is 1. The molecule has 0 aliphatic carbocycles. The Labute approximate surface area is 125 Å². The van der Waals surface area contributed by atoms with Gasteiger partial charge in [0.05, 0.1) is 13.7 Å². The highest BCUT2D eigenvalue weighted by atomic mass is 16.5. The van der Waals surface area contributed by atoms with Gasteiger partial charge >= 0.3 is 0 Å². The average Bonchev–Trinajstić information content (AvgIpc) is 2.49. The summed E-state index contributed by atoms with van der Waals surface area (Å²) < 4.78 is 15.8. The molecular weight excluding hydrogens is 272 g/mol. The molecule has 0 saturated carbocycles. The lowest BCUT2D eigenvalue weighted by molar-refractivity contribution is -0.127. The number of carbonyl (C=O) groups is 1. The van der Waals surface area contributed by atoms with Gasteiger partial charge in [-0.1, -0.05) is 6.07 Å². The standard InChI is InChI=1S/C15H24N2O4/c1-11(15(18)17-8-9-19-2)21-14-10-13(20-3)5-4-12(14)6-7-16/h4-5,10-11H,6-9,16H2,1-3H3,(H,17,18). The molecule has 0 spiro atoms. The van der Waals surface area contributed by atoms with E-state index in [0.29, 0.717) is 37.6 Å². The molecule has 1 atom stereocenters. The molecule has 0 aliphatic rings. The number of benzene rings is 1. The molecule has 118 valence electrons. The fraction of sp³-hybridized carbons (Fsp3) is 0.533. The molecule has 0 aromatic heterocycles. The third-order valence-electron chi connectivity index (χ3n) is 2.97. The average molecular weight is 296 g/mol. The van der Waals surface area contributed by atoms with Crippen LogP contribution >= 0.6 is 0 Å². The third-order valence-corrected chi connectivity index (χ3v) is 2.97. The summed E-state index contributed by atoms with van der Waals surface area (Å²) in [5.41, 5.74) is 6.55. The zero-order valence-electron chi connectivity index (χ0n) is 12.8. The molecule has 0 heterocycles. The van der Waals surface area contributed by atoms with E-state index >= 15 is 0 Å². The van der Waals surface area contributed by atoms with Crippen LogP contribution in [0.4, 0.5) is 0 Å². The van der Waals surface area contributed by atoms with Gasteiger partial charge in [-0.3, -0.25) is 4.79 Å². The van der Waals surface area contributed by atoms with E-state index in [1.807, 2.05) is 12.1 Å². The number of nitrogens with two attached hydrogens (primary N) is 1. The number of methoxy groups -OCH3 is 2. The summed E-state index contributed by atoms with van der Waals surface area (Å²) in [7, 11) is 3.17. The molecule has 0 saturated heterocycles. The van der Waals surface area contributed by atoms with Gasteiger partial charge < -0.3 is 25.3 Å². The van der Waals surface area contributed by atoms with E-state index in [0.717, 1.165) is 5.56 Å². The molecule has 0 radical (unpaired) electrons. The number of nitrogens with one attached hydrogen (secondary N) is 1. The fourth-order valence-electron chi connectivity index (χ4n) is 1.80. The monoisotopic (exact) mass is 296 g/mol. The second-order valence-electron chi connectivity index (χ2n) is 4.56. The first-order valence-corrected chi connectivity index (χ1v) is 6.92. The topological polar surface area (TPSA) is 82.8 Å². The van der Waals surface area contributed by atoms with E-state index in [-0.39, 0.29) is 5.91 Å². The molecule has 6 nitrogen and oxygen atoms in total. The molecular formula is C15H24N2O4. The molecule has 21 heavy (non-hydrogen) atoms. The summed E-state index contributed by atoms with van der Waals surface area (Å²) in [5.74, 6) is 1.11. The maximum atomic E-state index is 11.9. The second-order valence-corrected chi connectivity index (χ2v) is 4.56. The third kappa shape index (κ3) is 5.61. The van der Waals surface area contributed by atoms with Crippen LogP contribution in [0.2, 0.25) is 0 Å². The van der Waals surface area contributed by atoms with Crippen molar-refractivity contribution in [3.8, 4) is 11.5 Å². The molecule has 6 heteroatoms. The minimum atomic E-state index is -0.606. The van der Waals surface area contributed by atoms with Gasteiger partial charge in [-0.2, -0.15) is 0 Å². The van der Waals surface area contributed by atoms with Crippen molar-refractivity contribution in [2.75, 3.05) is 33.9 Å². The smallest absolute Gasteiger partial charge is 0.260 e. The molecule has 0 bridgehead atoms. The molecule has 1 amide bonds. The largest absolute Gasteiger partial charge is 0.497 e. The zero-order valence-corrected chi connectivity index (χ0v) is 12.8. The van der Waals surface area contributed by atoms with Gasteiger partial charge in [0.25, 0.3) is 5.91 Å². The van der Waals surface area contributed by atoms with Gasteiger partial charge in [0.1, 0.15) is 11.5 Å². The summed E-state index contributed by atoms with van der Waals surface area (Å²) in [6.07, 6.45) is 0.0719. The Hall–Kier alpha value is -1.79. The molecule has 3 N–H and O–H groups in total. The SMILES string of the molecule is COCCNC(=O)C(C)Oc1cc(OC)ccc1CCN. The van der Waals surface area contributed by atoms with Crippen molar-refractivity contribution in [1.29, 1.82) is 0 Å². The molecule has 0 aliphatic heterocycles. The second kappa shape index (κ2) is 9.20. The van der Waals surface area contributed by atoms with Crippen molar-refractivity contribution in [1.82, 2.24) is 5.32 Å². The van der Waals surface area contributed by atoms with Gasteiger partial charge in [0.2, 0.25) is 0 Å². The van der Waals surface area contributed by atoms with Crippen molar-refractivity contribution >= 4 is 5.91 Å².